The molecule has 0 bridgehead atoms. The van der Waals surface area contributed by atoms with Crippen molar-refractivity contribution in [1.82, 2.24) is 9.97 Å². The van der Waals surface area contributed by atoms with Gasteiger partial charge in [0.1, 0.15) is 12.4 Å². The zero-order valence-corrected chi connectivity index (χ0v) is 9.65. The first-order chi connectivity index (χ1) is 9.00. The Bertz CT molecular complexity index is 572. The summed E-state index contributed by atoms with van der Waals surface area (Å²) in [6, 6.07) is 6.52. The van der Waals surface area contributed by atoms with E-state index in [1.165, 1.54) is 30.5 Å². The topological polar surface area (TPSA) is 58.0 Å². The van der Waals surface area contributed by atoms with Crippen molar-refractivity contribution in [2.45, 2.75) is 12.8 Å². The van der Waals surface area contributed by atoms with Gasteiger partial charge in [0.05, 0.1) is 11.3 Å². The summed E-state index contributed by atoms with van der Waals surface area (Å²) in [4.78, 5) is 7.62. The van der Waals surface area contributed by atoms with E-state index in [-0.39, 0.29) is 23.9 Å². The quantitative estimate of drug-likeness (QED) is 0.899. The summed E-state index contributed by atoms with van der Waals surface area (Å²) in [5, 5.41) is 11.5. The number of aromatic nitrogens is 2. The first kappa shape index (κ1) is 13.3. The number of hydrogen-bond acceptors (Lipinski definition) is 4. The highest BCUT2D eigenvalue weighted by atomic mass is 19.4. The lowest BCUT2D eigenvalue weighted by atomic mass is 10.1. The summed E-state index contributed by atoms with van der Waals surface area (Å²) in [6.07, 6.45) is -3.09. The molecule has 1 aromatic heterocycles. The van der Waals surface area contributed by atoms with Crippen LogP contribution in [-0.4, -0.2) is 15.1 Å². The minimum Gasteiger partial charge on any atom is -0.388 e. The molecule has 4 nitrogen and oxygen atoms in total. The molecule has 0 aliphatic rings. The summed E-state index contributed by atoms with van der Waals surface area (Å²) in [6.45, 7) is -0.379. The van der Waals surface area contributed by atoms with Gasteiger partial charge >= 0.3 is 6.18 Å². The van der Waals surface area contributed by atoms with Gasteiger partial charge in [0.15, 0.2) is 5.82 Å². The molecular formula is C12H10F3N3O. The minimum atomic E-state index is -4.45. The number of alkyl halides is 3. The van der Waals surface area contributed by atoms with Crippen LogP contribution in [0.1, 0.15) is 11.4 Å². The molecule has 100 valence electrons. The van der Waals surface area contributed by atoms with Crippen molar-refractivity contribution in [2.75, 3.05) is 5.32 Å². The van der Waals surface area contributed by atoms with Gasteiger partial charge in [-0.05, 0) is 18.2 Å². The Hall–Kier alpha value is -2.15. The fraction of sp³-hybridized carbons (Fsp3) is 0.167. The van der Waals surface area contributed by atoms with Gasteiger partial charge in [-0.15, -0.1) is 0 Å². The van der Waals surface area contributed by atoms with E-state index in [2.05, 4.69) is 15.3 Å². The lowest BCUT2D eigenvalue weighted by Gasteiger charge is -2.13. The third kappa shape index (κ3) is 3.19. The Balaban J connectivity index is 2.33. The maximum Gasteiger partial charge on any atom is 0.418 e. The van der Waals surface area contributed by atoms with Crippen LogP contribution >= 0.6 is 0 Å². The lowest BCUT2D eigenvalue weighted by Crippen LogP contribution is -2.09. The van der Waals surface area contributed by atoms with Crippen molar-refractivity contribution in [3.8, 4) is 0 Å². The number of nitrogens with zero attached hydrogens (tertiary/aromatic N) is 2. The Morgan fingerprint density at radius 3 is 2.58 bits per heavy atom. The highest BCUT2D eigenvalue weighted by Gasteiger charge is 2.33. The van der Waals surface area contributed by atoms with Crippen LogP contribution in [0.3, 0.4) is 0 Å². The van der Waals surface area contributed by atoms with E-state index < -0.39 is 11.7 Å². The fourth-order valence-electron chi connectivity index (χ4n) is 1.52. The molecule has 2 rings (SSSR count). The van der Waals surface area contributed by atoms with Crippen molar-refractivity contribution in [2.24, 2.45) is 0 Å². The maximum absolute atomic E-state index is 12.8. The molecule has 0 amide bonds. The van der Waals surface area contributed by atoms with Crippen molar-refractivity contribution in [1.29, 1.82) is 0 Å². The van der Waals surface area contributed by atoms with E-state index in [0.29, 0.717) is 0 Å². The average molecular weight is 269 g/mol. The van der Waals surface area contributed by atoms with Gasteiger partial charge in [0, 0.05) is 6.20 Å². The van der Waals surface area contributed by atoms with E-state index in [9.17, 15) is 13.2 Å². The normalized spacial score (nSPS) is 11.4. The average Bonchev–Trinajstić information content (AvgIpc) is 2.38. The highest BCUT2D eigenvalue weighted by Crippen LogP contribution is 2.35. The van der Waals surface area contributed by atoms with Crippen molar-refractivity contribution < 1.29 is 18.3 Å². The van der Waals surface area contributed by atoms with E-state index in [4.69, 9.17) is 5.11 Å². The van der Waals surface area contributed by atoms with Crippen molar-refractivity contribution in [3.63, 3.8) is 0 Å². The second-order valence-electron chi connectivity index (χ2n) is 3.68. The number of aliphatic hydroxyl groups is 1. The summed E-state index contributed by atoms with van der Waals surface area (Å²) in [7, 11) is 0. The van der Waals surface area contributed by atoms with E-state index >= 15 is 0 Å². The smallest absolute Gasteiger partial charge is 0.388 e. The molecule has 0 aliphatic carbocycles. The predicted octanol–water partition coefficient (Wildman–Crippen LogP) is 2.73. The third-order valence-electron chi connectivity index (χ3n) is 2.34. The van der Waals surface area contributed by atoms with Gasteiger partial charge in [-0.2, -0.15) is 13.2 Å². The Morgan fingerprint density at radius 2 is 1.89 bits per heavy atom. The first-order valence-corrected chi connectivity index (χ1v) is 5.37. The highest BCUT2D eigenvalue weighted by molar-refractivity contribution is 5.61. The van der Waals surface area contributed by atoms with Gasteiger partial charge in [-0.25, -0.2) is 9.97 Å². The SMILES string of the molecule is OCc1nccc(Nc2ccccc2C(F)(F)F)n1. The van der Waals surface area contributed by atoms with Gasteiger partial charge in [-0.1, -0.05) is 12.1 Å². The Labute approximate surface area is 106 Å². The number of benzene rings is 1. The molecule has 19 heavy (non-hydrogen) atoms. The van der Waals surface area contributed by atoms with Crippen LogP contribution in [0.15, 0.2) is 36.5 Å². The molecule has 0 atom stereocenters. The summed E-state index contributed by atoms with van der Waals surface area (Å²) in [5.41, 5.74) is -0.878. The molecule has 0 saturated carbocycles. The number of nitrogens with one attached hydrogen (secondary N) is 1. The number of hydrogen-bond donors (Lipinski definition) is 2. The molecule has 0 radical (unpaired) electrons. The van der Waals surface area contributed by atoms with Gasteiger partial charge in [0.2, 0.25) is 0 Å². The molecule has 2 N–H and O–H groups in total. The van der Waals surface area contributed by atoms with E-state index in [1.807, 2.05) is 0 Å². The second kappa shape index (κ2) is 5.23. The Morgan fingerprint density at radius 1 is 1.16 bits per heavy atom. The van der Waals surface area contributed by atoms with Crippen LogP contribution < -0.4 is 5.32 Å². The number of rotatable bonds is 3. The van der Waals surface area contributed by atoms with Crippen LogP contribution in [-0.2, 0) is 12.8 Å². The van der Waals surface area contributed by atoms with Crippen LogP contribution in [0.4, 0.5) is 24.7 Å². The molecule has 0 fully saturated rings. The van der Waals surface area contributed by atoms with Gasteiger partial charge in [-0.3, -0.25) is 0 Å². The first-order valence-electron chi connectivity index (χ1n) is 5.37. The van der Waals surface area contributed by atoms with Crippen LogP contribution in [0.2, 0.25) is 0 Å². The zero-order chi connectivity index (χ0) is 13.9. The van der Waals surface area contributed by atoms with E-state index in [1.54, 1.807) is 0 Å². The number of halogens is 3. The lowest BCUT2D eigenvalue weighted by molar-refractivity contribution is -0.136. The largest absolute Gasteiger partial charge is 0.418 e. The summed E-state index contributed by atoms with van der Waals surface area (Å²) in [5.74, 6) is 0.324. The summed E-state index contributed by atoms with van der Waals surface area (Å²) >= 11 is 0. The van der Waals surface area contributed by atoms with Gasteiger partial charge in [0.25, 0.3) is 0 Å². The molecule has 2 aromatic rings. The monoisotopic (exact) mass is 269 g/mol. The third-order valence-corrected chi connectivity index (χ3v) is 2.34. The van der Waals surface area contributed by atoms with E-state index in [0.717, 1.165) is 6.07 Å². The molecule has 1 aromatic carbocycles. The Kier molecular flexibility index (Phi) is 3.66. The number of anilines is 2. The molecule has 0 unspecified atom stereocenters. The molecule has 7 heteroatoms. The van der Waals surface area contributed by atoms with Crippen molar-refractivity contribution >= 4 is 11.5 Å². The van der Waals surface area contributed by atoms with Crippen molar-refractivity contribution in [3.05, 3.63) is 47.9 Å². The molecule has 0 spiro atoms. The number of para-hydroxylation sites is 1. The zero-order valence-electron chi connectivity index (χ0n) is 9.65. The van der Waals surface area contributed by atoms with Gasteiger partial charge < -0.3 is 10.4 Å². The van der Waals surface area contributed by atoms with Crippen LogP contribution in [0.25, 0.3) is 0 Å². The molecule has 0 aliphatic heterocycles. The minimum absolute atomic E-state index is 0.0995. The van der Waals surface area contributed by atoms with Crippen LogP contribution in [0.5, 0.6) is 0 Å². The number of aliphatic hydroxyl groups excluding tert-OH is 1. The maximum atomic E-state index is 12.8. The predicted molar refractivity (Wildman–Crippen MR) is 62.7 cm³/mol. The van der Waals surface area contributed by atoms with Crippen LogP contribution in [0, 0.1) is 0 Å². The fourth-order valence-corrected chi connectivity index (χ4v) is 1.52. The summed E-state index contributed by atoms with van der Waals surface area (Å²) < 4.78 is 38.4. The molecule has 1 heterocycles. The standard InChI is InChI=1S/C12H10F3N3O/c13-12(14,15)8-3-1-2-4-9(8)17-10-5-6-16-11(7-19)18-10/h1-6,19H,7H2,(H,16,17,18). The second-order valence-corrected chi connectivity index (χ2v) is 3.68. The molecule has 0 saturated heterocycles. The molecular weight excluding hydrogens is 259 g/mol.